The minimum absolute atomic E-state index is 0.286. The van der Waals surface area contributed by atoms with E-state index in [0.717, 1.165) is 0 Å². The number of aliphatic hydroxyl groups excluding tert-OH is 1. The second kappa shape index (κ2) is 6.84. The molecule has 1 N–H and O–H groups in total. The fourth-order valence-corrected chi connectivity index (χ4v) is 0.655. The quantitative estimate of drug-likeness (QED) is 0.600. The third-order valence-corrected chi connectivity index (χ3v) is 1.18. The number of halogens is 3. The van der Waals surface area contributed by atoms with E-state index in [1.807, 2.05) is 18.2 Å². The van der Waals surface area contributed by atoms with Gasteiger partial charge in [-0.2, -0.15) is 13.2 Å². The molecule has 1 aromatic rings. The molecule has 0 bridgehead atoms. The van der Waals surface area contributed by atoms with Gasteiger partial charge in [0.25, 0.3) is 0 Å². The van der Waals surface area contributed by atoms with E-state index in [-0.39, 0.29) is 5.97 Å². The molecule has 3 nitrogen and oxygen atoms in total. The number of esters is 1. The van der Waals surface area contributed by atoms with Crippen molar-refractivity contribution in [2.45, 2.75) is 13.1 Å². The zero-order valence-corrected chi connectivity index (χ0v) is 8.49. The van der Waals surface area contributed by atoms with Gasteiger partial charge in [-0.15, -0.1) is 0 Å². The van der Waals surface area contributed by atoms with Crippen LogP contribution in [0.4, 0.5) is 13.2 Å². The molecular weight excluding hydrogens is 225 g/mol. The highest BCUT2D eigenvalue weighted by Crippen LogP contribution is 2.11. The Labute approximate surface area is 90.5 Å². The summed E-state index contributed by atoms with van der Waals surface area (Å²) in [6.45, 7) is -0.347. The van der Waals surface area contributed by atoms with Crippen molar-refractivity contribution in [3.63, 3.8) is 0 Å². The number of alkyl halides is 3. The Kier molecular flexibility index (Phi) is 6.17. The molecular formula is C10H11F3O3. The lowest BCUT2D eigenvalue weighted by atomic mass is 10.3. The molecule has 0 aromatic heterocycles. The predicted octanol–water partition coefficient (Wildman–Crippen LogP) is 2.15. The summed E-state index contributed by atoms with van der Waals surface area (Å²) in [6, 6.07) is 8.98. The van der Waals surface area contributed by atoms with Crippen molar-refractivity contribution in [2.24, 2.45) is 0 Å². The maximum Gasteiger partial charge on any atom is 0.411 e. The molecule has 16 heavy (non-hydrogen) atoms. The summed E-state index contributed by atoms with van der Waals surface area (Å²) >= 11 is 0. The highest BCUT2D eigenvalue weighted by atomic mass is 19.4. The van der Waals surface area contributed by atoms with Gasteiger partial charge in [0.1, 0.15) is 12.4 Å². The summed E-state index contributed by atoms with van der Waals surface area (Å²) in [5, 5.41) is 7.28. The Morgan fingerprint density at radius 1 is 1.31 bits per heavy atom. The van der Waals surface area contributed by atoms with Crippen molar-refractivity contribution in [3.8, 4) is 5.75 Å². The number of aliphatic hydroxyl groups is 1. The lowest BCUT2D eigenvalue weighted by Gasteiger charge is -1.97. The van der Waals surface area contributed by atoms with E-state index in [4.69, 9.17) is 9.84 Å². The third-order valence-electron chi connectivity index (χ3n) is 1.18. The first-order chi connectivity index (χ1) is 7.35. The van der Waals surface area contributed by atoms with Gasteiger partial charge in [-0.3, -0.25) is 4.79 Å². The van der Waals surface area contributed by atoms with Gasteiger partial charge >= 0.3 is 12.1 Å². The number of hydrogen-bond acceptors (Lipinski definition) is 3. The van der Waals surface area contributed by atoms with Gasteiger partial charge in [0.2, 0.25) is 0 Å². The average molecular weight is 236 g/mol. The second-order valence-corrected chi connectivity index (χ2v) is 2.68. The van der Waals surface area contributed by atoms with E-state index in [1.165, 1.54) is 6.92 Å². The molecule has 0 amide bonds. The topological polar surface area (TPSA) is 46.5 Å². The minimum atomic E-state index is -4.40. The Hall–Kier alpha value is -1.56. The predicted molar refractivity (Wildman–Crippen MR) is 50.9 cm³/mol. The van der Waals surface area contributed by atoms with Crippen LogP contribution in [0.2, 0.25) is 0 Å². The molecule has 0 unspecified atom stereocenters. The van der Waals surface area contributed by atoms with Crippen LogP contribution in [0.5, 0.6) is 5.75 Å². The van der Waals surface area contributed by atoms with Crippen LogP contribution in [0.15, 0.2) is 30.3 Å². The first kappa shape index (κ1) is 14.4. The summed E-state index contributed by atoms with van der Waals surface area (Å²) < 4.78 is 36.4. The van der Waals surface area contributed by atoms with Gasteiger partial charge in [-0.1, -0.05) is 18.2 Å². The zero-order chi connectivity index (χ0) is 12.6. The smallest absolute Gasteiger partial charge is 0.411 e. The Balaban J connectivity index is 0.000000325. The summed E-state index contributed by atoms with van der Waals surface area (Å²) in [6.07, 6.45) is -4.40. The van der Waals surface area contributed by atoms with Gasteiger partial charge in [-0.05, 0) is 12.1 Å². The standard InChI is InChI=1S/C8H8O2.C2H3F3O/c1-7(9)10-8-5-3-2-4-6-8;3-2(4,5)1-6/h2-6H,1H3;6H,1H2. The van der Waals surface area contributed by atoms with Crippen LogP contribution in [0.25, 0.3) is 0 Å². The van der Waals surface area contributed by atoms with Crippen molar-refractivity contribution >= 4 is 5.97 Å². The summed E-state index contributed by atoms with van der Waals surface area (Å²) in [7, 11) is 0. The number of carbonyl (C=O) groups is 1. The molecule has 0 radical (unpaired) electrons. The van der Waals surface area contributed by atoms with Crippen molar-refractivity contribution in [1.82, 2.24) is 0 Å². The molecule has 0 atom stereocenters. The van der Waals surface area contributed by atoms with E-state index >= 15 is 0 Å². The van der Waals surface area contributed by atoms with Gasteiger partial charge in [-0.25, -0.2) is 0 Å². The molecule has 0 saturated carbocycles. The van der Waals surface area contributed by atoms with Gasteiger partial charge < -0.3 is 9.84 Å². The van der Waals surface area contributed by atoms with Crippen LogP contribution in [0, 0.1) is 0 Å². The van der Waals surface area contributed by atoms with Crippen LogP contribution < -0.4 is 4.74 Å². The van der Waals surface area contributed by atoms with E-state index in [1.54, 1.807) is 12.1 Å². The monoisotopic (exact) mass is 236 g/mol. The van der Waals surface area contributed by atoms with E-state index in [9.17, 15) is 18.0 Å². The maximum atomic E-state index is 10.5. The van der Waals surface area contributed by atoms with Gasteiger partial charge in [0.05, 0.1) is 0 Å². The van der Waals surface area contributed by atoms with Crippen LogP contribution >= 0.6 is 0 Å². The maximum absolute atomic E-state index is 10.5. The van der Waals surface area contributed by atoms with Gasteiger partial charge in [0.15, 0.2) is 0 Å². The number of para-hydroxylation sites is 1. The third kappa shape index (κ3) is 9.01. The largest absolute Gasteiger partial charge is 0.427 e. The first-order valence-corrected chi connectivity index (χ1v) is 4.26. The van der Waals surface area contributed by atoms with Crippen LogP contribution in [0.1, 0.15) is 6.92 Å². The van der Waals surface area contributed by atoms with Crippen molar-refractivity contribution in [3.05, 3.63) is 30.3 Å². The molecule has 0 saturated heterocycles. The van der Waals surface area contributed by atoms with E-state index < -0.39 is 12.8 Å². The molecule has 0 heterocycles. The first-order valence-electron chi connectivity index (χ1n) is 4.26. The van der Waals surface area contributed by atoms with Crippen LogP contribution in [0.3, 0.4) is 0 Å². The lowest BCUT2D eigenvalue weighted by molar-refractivity contribution is -0.159. The summed E-state index contributed by atoms with van der Waals surface area (Å²) in [5.74, 6) is 0.307. The number of benzene rings is 1. The number of rotatable bonds is 1. The Morgan fingerprint density at radius 2 is 1.75 bits per heavy atom. The number of hydrogen-bond donors (Lipinski definition) is 1. The van der Waals surface area contributed by atoms with Gasteiger partial charge in [0, 0.05) is 6.92 Å². The Bertz CT molecular complexity index is 309. The fraction of sp³-hybridized carbons (Fsp3) is 0.300. The second-order valence-electron chi connectivity index (χ2n) is 2.68. The molecule has 0 spiro atoms. The average Bonchev–Trinajstić information content (AvgIpc) is 2.18. The molecule has 0 fully saturated rings. The summed E-state index contributed by atoms with van der Waals surface area (Å²) in [4.78, 5) is 10.4. The number of carbonyl (C=O) groups excluding carboxylic acids is 1. The molecule has 1 aromatic carbocycles. The normalized spacial score (nSPS) is 10.1. The van der Waals surface area contributed by atoms with E-state index in [0.29, 0.717) is 5.75 Å². The van der Waals surface area contributed by atoms with Crippen molar-refractivity contribution in [1.29, 1.82) is 0 Å². The Morgan fingerprint density at radius 3 is 2.06 bits per heavy atom. The molecule has 0 aliphatic rings. The van der Waals surface area contributed by atoms with E-state index in [2.05, 4.69) is 0 Å². The van der Waals surface area contributed by atoms with Crippen LogP contribution in [-0.4, -0.2) is 23.9 Å². The summed E-state index contributed by atoms with van der Waals surface area (Å²) in [5.41, 5.74) is 0. The lowest BCUT2D eigenvalue weighted by Crippen LogP contribution is -2.12. The SMILES string of the molecule is CC(=O)Oc1ccccc1.OCC(F)(F)F. The molecule has 0 aliphatic carbocycles. The zero-order valence-electron chi connectivity index (χ0n) is 8.49. The molecule has 1 rings (SSSR count). The minimum Gasteiger partial charge on any atom is -0.427 e. The fourth-order valence-electron chi connectivity index (χ4n) is 0.655. The number of ether oxygens (including phenoxy) is 1. The highest BCUT2D eigenvalue weighted by Gasteiger charge is 2.24. The molecule has 90 valence electrons. The molecule has 6 heteroatoms. The van der Waals surface area contributed by atoms with Crippen molar-refractivity contribution in [2.75, 3.05) is 6.61 Å². The highest BCUT2D eigenvalue weighted by molar-refractivity contribution is 5.69. The molecule has 0 aliphatic heterocycles. The van der Waals surface area contributed by atoms with Crippen LogP contribution in [-0.2, 0) is 4.79 Å². The van der Waals surface area contributed by atoms with Crippen molar-refractivity contribution < 1.29 is 27.8 Å².